The van der Waals surface area contributed by atoms with E-state index in [9.17, 15) is 32.1 Å². The normalized spacial score (nSPS) is 18.4. The average Bonchev–Trinajstić information content (AvgIpc) is 2.70. The zero-order valence-corrected chi connectivity index (χ0v) is 16.3. The van der Waals surface area contributed by atoms with Gasteiger partial charge in [-0.05, 0) is 36.4 Å². The fourth-order valence-electron chi connectivity index (χ4n) is 3.64. The molecule has 4 rings (SSSR count). The highest BCUT2D eigenvalue weighted by atomic mass is 19.4. The number of ether oxygens (including phenoxy) is 1. The van der Waals surface area contributed by atoms with Crippen LogP contribution in [0.3, 0.4) is 0 Å². The Morgan fingerprint density at radius 1 is 1.16 bits per heavy atom. The van der Waals surface area contributed by atoms with Gasteiger partial charge in [0.25, 0.3) is 0 Å². The highest BCUT2D eigenvalue weighted by Gasteiger charge is 2.38. The van der Waals surface area contributed by atoms with Gasteiger partial charge in [-0.1, -0.05) is 0 Å². The molecule has 32 heavy (non-hydrogen) atoms. The molecule has 0 atom stereocenters. The van der Waals surface area contributed by atoms with Crippen molar-refractivity contribution >= 4 is 16.5 Å². The van der Waals surface area contributed by atoms with Gasteiger partial charge in [0, 0.05) is 42.0 Å². The largest absolute Gasteiger partial charge is 0.483 e. The number of nitro groups is 1. The SMILES string of the molecule is O=[N+]([O-])c1cc(F)c(C(F)(F)F)cc1O[C@H]1C[C@H](NCc2c(F)ccc3cnccc23)C1. The molecule has 0 aliphatic heterocycles. The van der Waals surface area contributed by atoms with Crippen molar-refractivity contribution in [2.45, 2.75) is 37.7 Å². The smallest absolute Gasteiger partial charge is 0.419 e. The topological polar surface area (TPSA) is 77.3 Å². The lowest BCUT2D eigenvalue weighted by Gasteiger charge is -2.36. The molecule has 0 unspecified atom stereocenters. The number of fused-ring (bicyclic) bond motifs is 1. The molecule has 1 saturated carbocycles. The molecule has 0 radical (unpaired) electrons. The van der Waals surface area contributed by atoms with Crippen LogP contribution in [-0.2, 0) is 12.7 Å². The Bertz CT molecular complexity index is 1180. The van der Waals surface area contributed by atoms with Crippen LogP contribution in [0.15, 0.2) is 42.7 Å². The molecule has 1 fully saturated rings. The number of halogens is 5. The molecule has 0 amide bonds. The molecule has 1 heterocycles. The number of hydrogen-bond acceptors (Lipinski definition) is 5. The van der Waals surface area contributed by atoms with E-state index in [-0.39, 0.29) is 24.5 Å². The van der Waals surface area contributed by atoms with Gasteiger partial charge in [-0.2, -0.15) is 13.2 Å². The molecule has 2 aromatic carbocycles. The summed E-state index contributed by atoms with van der Waals surface area (Å²) in [4.78, 5) is 14.1. The molecule has 11 heteroatoms. The summed E-state index contributed by atoms with van der Waals surface area (Å²) in [6, 6.07) is 5.07. The van der Waals surface area contributed by atoms with Crippen LogP contribution >= 0.6 is 0 Å². The molecular weight excluding hydrogens is 437 g/mol. The van der Waals surface area contributed by atoms with Crippen molar-refractivity contribution in [3.63, 3.8) is 0 Å². The second-order valence-corrected chi connectivity index (χ2v) is 7.47. The number of alkyl halides is 3. The van der Waals surface area contributed by atoms with E-state index in [4.69, 9.17) is 4.74 Å². The van der Waals surface area contributed by atoms with E-state index in [1.54, 1.807) is 24.5 Å². The Morgan fingerprint density at radius 3 is 2.59 bits per heavy atom. The van der Waals surface area contributed by atoms with E-state index in [1.165, 1.54) is 6.07 Å². The van der Waals surface area contributed by atoms with Gasteiger partial charge in [-0.15, -0.1) is 0 Å². The number of nitro benzene ring substituents is 1. The van der Waals surface area contributed by atoms with Crippen molar-refractivity contribution in [1.29, 1.82) is 0 Å². The molecule has 6 nitrogen and oxygen atoms in total. The maximum Gasteiger partial charge on any atom is 0.419 e. The van der Waals surface area contributed by atoms with Crippen LogP contribution in [0.1, 0.15) is 24.0 Å². The van der Waals surface area contributed by atoms with Gasteiger partial charge in [0.05, 0.1) is 16.6 Å². The summed E-state index contributed by atoms with van der Waals surface area (Å²) < 4.78 is 72.2. The number of rotatable bonds is 6. The highest BCUT2D eigenvalue weighted by Crippen LogP contribution is 2.40. The summed E-state index contributed by atoms with van der Waals surface area (Å²) in [6.07, 6.45) is -1.76. The quantitative estimate of drug-likeness (QED) is 0.318. The third kappa shape index (κ3) is 4.33. The summed E-state index contributed by atoms with van der Waals surface area (Å²) in [5, 5.41) is 15.8. The third-order valence-corrected chi connectivity index (χ3v) is 5.38. The first-order valence-electron chi connectivity index (χ1n) is 9.59. The molecule has 3 aromatic rings. The van der Waals surface area contributed by atoms with Gasteiger partial charge in [0.1, 0.15) is 17.7 Å². The highest BCUT2D eigenvalue weighted by molar-refractivity contribution is 5.84. The average molecular weight is 453 g/mol. The summed E-state index contributed by atoms with van der Waals surface area (Å²) >= 11 is 0. The maximum atomic E-state index is 14.3. The number of hydrogen-bond donors (Lipinski definition) is 1. The van der Waals surface area contributed by atoms with E-state index in [0.29, 0.717) is 29.9 Å². The first kappa shape index (κ1) is 21.9. The lowest BCUT2D eigenvalue weighted by Crippen LogP contribution is -2.46. The first-order valence-corrected chi connectivity index (χ1v) is 9.59. The monoisotopic (exact) mass is 453 g/mol. The van der Waals surface area contributed by atoms with E-state index < -0.39 is 40.0 Å². The number of benzene rings is 2. The van der Waals surface area contributed by atoms with Crippen molar-refractivity contribution in [2.75, 3.05) is 0 Å². The second-order valence-electron chi connectivity index (χ2n) is 7.47. The standard InChI is InChI=1S/C21H16F5N3O3/c22-17-2-1-11-9-27-4-3-14(11)15(17)10-28-12-5-13(6-12)32-20-7-16(21(24,25)26)18(23)8-19(20)29(30)31/h1-4,7-9,12-13,28H,5-6,10H2/t12-,13-. The van der Waals surface area contributed by atoms with Crippen LogP contribution in [-0.4, -0.2) is 22.1 Å². The number of nitrogens with zero attached hydrogens (tertiary/aromatic N) is 2. The fraction of sp³-hybridized carbons (Fsp3) is 0.286. The Kier molecular flexibility index (Phi) is 5.68. The minimum absolute atomic E-state index is 0.127. The van der Waals surface area contributed by atoms with E-state index in [1.807, 2.05) is 0 Å². The van der Waals surface area contributed by atoms with Gasteiger partial charge < -0.3 is 10.1 Å². The second kappa shape index (κ2) is 8.30. The van der Waals surface area contributed by atoms with Crippen LogP contribution in [0.2, 0.25) is 0 Å². The van der Waals surface area contributed by atoms with Crippen LogP contribution in [0.25, 0.3) is 10.8 Å². The summed E-state index contributed by atoms with van der Waals surface area (Å²) in [5.74, 6) is -2.76. The van der Waals surface area contributed by atoms with Gasteiger partial charge in [0.2, 0.25) is 0 Å². The van der Waals surface area contributed by atoms with Crippen molar-refractivity contribution in [1.82, 2.24) is 10.3 Å². The zero-order chi connectivity index (χ0) is 23.0. The van der Waals surface area contributed by atoms with Crippen LogP contribution in [0.5, 0.6) is 5.75 Å². The van der Waals surface area contributed by atoms with Crippen molar-refractivity contribution in [3.05, 3.63) is 75.6 Å². The molecular formula is C21H16F5N3O3. The fourth-order valence-corrected chi connectivity index (χ4v) is 3.64. The molecule has 168 valence electrons. The lowest BCUT2D eigenvalue weighted by atomic mass is 9.88. The summed E-state index contributed by atoms with van der Waals surface area (Å²) in [7, 11) is 0. The van der Waals surface area contributed by atoms with E-state index in [0.717, 1.165) is 5.39 Å². The molecule has 0 saturated heterocycles. The molecule has 1 aliphatic rings. The minimum Gasteiger partial charge on any atom is -0.483 e. The number of pyridine rings is 1. The Hall–Kier alpha value is -3.34. The Labute approximate surface area is 178 Å². The molecule has 1 aliphatic carbocycles. The molecule has 1 aromatic heterocycles. The molecule has 0 bridgehead atoms. The predicted molar refractivity (Wildman–Crippen MR) is 104 cm³/mol. The van der Waals surface area contributed by atoms with Crippen molar-refractivity contribution < 1.29 is 31.6 Å². The zero-order valence-electron chi connectivity index (χ0n) is 16.3. The number of aromatic nitrogens is 1. The van der Waals surface area contributed by atoms with E-state index >= 15 is 0 Å². The third-order valence-electron chi connectivity index (χ3n) is 5.38. The van der Waals surface area contributed by atoms with E-state index in [2.05, 4.69) is 10.3 Å². The lowest BCUT2D eigenvalue weighted by molar-refractivity contribution is -0.386. The van der Waals surface area contributed by atoms with Crippen molar-refractivity contribution in [3.8, 4) is 5.75 Å². The predicted octanol–water partition coefficient (Wildman–Crippen LogP) is 5.14. The van der Waals surface area contributed by atoms with Gasteiger partial charge in [0.15, 0.2) is 5.75 Å². The molecule has 0 spiro atoms. The summed E-state index contributed by atoms with van der Waals surface area (Å²) in [6.45, 7) is 0.208. The minimum atomic E-state index is -5.01. The van der Waals surface area contributed by atoms with Crippen molar-refractivity contribution in [2.24, 2.45) is 0 Å². The van der Waals surface area contributed by atoms with Gasteiger partial charge >= 0.3 is 11.9 Å². The van der Waals surface area contributed by atoms with Crippen LogP contribution in [0.4, 0.5) is 27.6 Å². The first-order chi connectivity index (χ1) is 15.1. The Balaban J connectivity index is 1.42. The van der Waals surface area contributed by atoms with Crippen LogP contribution < -0.4 is 10.1 Å². The van der Waals surface area contributed by atoms with Gasteiger partial charge in [-0.25, -0.2) is 8.78 Å². The summed E-state index contributed by atoms with van der Waals surface area (Å²) in [5.41, 5.74) is -2.05. The maximum absolute atomic E-state index is 14.3. The Morgan fingerprint density at radius 2 is 1.91 bits per heavy atom. The van der Waals surface area contributed by atoms with Gasteiger partial charge in [-0.3, -0.25) is 15.1 Å². The molecule has 1 N–H and O–H groups in total. The number of nitrogens with one attached hydrogen (secondary N) is 1. The van der Waals surface area contributed by atoms with Crippen LogP contribution in [0, 0.1) is 21.7 Å².